The van der Waals surface area contributed by atoms with Crippen molar-refractivity contribution in [3.05, 3.63) is 71.3 Å². The lowest BCUT2D eigenvalue weighted by molar-refractivity contribution is -0.123. The highest BCUT2D eigenvalue weighted by atomic mass is 16.2. The summed E-state index contributed by atoms with van der Waals surface area (Å²) < 4.78 is 0. The van der Waals surface area contributed by atoms with Gasteiger partial charge in [0.25, 0.3) is 0 Å². The van der Waals surface area contributed by atoms with E-state index in [1.54, 1.807) is 0 Å². The number of carbonyl (C=O) groups is 1. The van der Waals surface area contributed by atoms with Crippen LogP contribution in [0, 0.1) is 5.92 Å². The van der Waals surface area contributed by atoms with Gasteiger partial charge in [-0.15, -0.1) is 0 Å². The van der Waals surface area contributed by atoms with Crippen molar-refractivity contribution in [1.29, 1.82) is 0 Å². The molecule has 2 aromatic rings. The van der Waals surface area contributed by atoms with Gasteiger partial charge in [0.1, 0.15) is 6.04 Å². The van der Waals surface area contributed by atoms with Crippen molar-refractivity contribution in [2.75, 3.05) is 0 Å². The van der Waals surface area contributed by atoms with E-state index in [9.17, 15) is 4.79 Å². The molecule has 0 radical (unpaired) electrons. The Hall–Kier alpha value is -2.13. The van der Waals surface area contributed by atoms with E-state index >= 15 is 0 Å². The Balaban J connectivity index is 1.84. The molecule has 1 aliphatic carbocycles. The Morgan fingerprint density at radius 3 is 1.96 bits per heavy atom. The third-order valence-corrected chi connectivity index (χ3v) is 5.29. The second-order valence-corrected chi connectivity index (χ2v) is 8.34. The zero-order chi connectivity index (χ0) is 19.4. The highest BCUT2D eigenvalue weighted by Crippen LogP contribution is 2.28. The number of rotatable bonds is 8. The lowest BCUT2D eigenvalue weighted by Crippen LogP contribution is -2.41. The van der Waals surface area contributed by atoms with E-state index in [4.69, 9.17) is 0 Å². The summed E-state index contributed by atoms with van der Waals surface area (Å²) in [7, 11) is 0. The Morgan fingerprint density at radius 1 is 0.852 bits per heavy atom. The van der Waals surface area contributed by atoms with Crippen molar-refractivity contribution in [1.82, 2.24) is 10.6 Å². The number of nitrogens with one attached hydrogen (secondary N) is 2. The summed E-state index contributed by atoms with van der Waals surface area (Å²) in [6, 6.07) is 19.0. The molecular formula is C24H32N2O. The second-order valence-electron chi connectivity index (χ2n) is 8.34. The molecule has 0 unspecified atom stereocenters. The Morgan fingerprint density at radius 2 is 1.44 bits per heavy atom. The van der Waals surface area contributed by atoms with Crippen LogP contribution in [0.15, 0.2) is 54.6 Å². The molecule has 0 spiro atoms. The molecule has 1 saturated carbocycles. The molecule has 2 N–H and O–H groups in total. The summed E-state index contributed by atoms with van der Waals surface area (Å²) in [5.74, 6) is 0.967. The van der Waals surface area contributed by atoms with Crippen LogP contribution in [-0.4, -0.2) is 11.9 Å². The number of benzene rings is 2. The fraction of sp³-hybridized carbons (Fsp3) is 0.458. The average molecular weight is 365 g/mol. The van der Waals surface area contributed by atoms with Crippen molar-refractivity contribution in [2.45, 2.75) is 64.6 Å². The minimum atomic E-state index is -0.344. The summed E-state index contributed by atoms with van der Waals surface area (Å²) >= 11 is 0. The van der Waals surface area contributed by atoms with Crippen molar-refractivity contribution >= 4 is 5.91 Å². The standard InChI is InChI=1S/C24H32N2O/c1-16(2)18-10-12-20(13-11-18)22(17(3)4)26-23(19-8-6-5-7-9-19)24(27)25-21-14-15-21/h5-13,16-17,21-23,26H,14-15H2,1-4H3,(H,25,27)/t22-,23+/m0/s1. The minimum absolute atomic E-state index is 0.0770. The molecule has 1 aliphatic rings. The summed E-state index contributed by atoms with van der Waals surface area (Å²) in [6.07, 6.45) is 2.19. The van der Waals surface area contributed by atoms with Gasteiger partial charge in [0, 0.05) is 12.1 Å². The molecule has 3 nitrogen and oxygen atoms in total. The van der Waals surface area contributed by atoms with Gasteiger partial charge in [-0.1, -0.05) is 82.3 Å². The van der Waals surface area contributed by atoms with E-state index in [0.717, 1.165) is 18.4 Å². The Labute approximate surface area is 163 Å². The van der Waals surface area contributed by atoms with E-state index in [-0.39, 0.29) is 18.0 Å². The highest BCUT2D eigenvalue weighted by Gasteiger charge is 2.30. The van der Waals surface area contributed by atoms with Gasteiger partial charge in [0.15, 0.2) is 0 Å². The maximum Gasteiger partial charge on any atom is 0.241 e. The fourth-order valence-electron chi connectivity index (χ4n) is 3.42. The number of hydrogen-bond donors (Lipinski definition) is 2. The van der Waals surface area contributed by atoms with E-state index < -0.39 is 0 Å². The first-order valence-electron chi connectivity index (χ1n) is 10.2. The zero-order valence-corrected chi connectivity index (χ0v) is 16.9. The molecule has 27 heavy (non-hydrogen) atoms. The zero-order valence-electron chi connectivity index (χ0n) is 16.9. The molecule has 2 aromatic carbocycles. The molecule has 0 bridgehead atoms. The Kier molecular flexibility index (Phi) is 6.33. The van der Waals surface area contributed by atoms with E-state index in [1.165, 1.54) is 11.1 Å². The van der Waals surface area contributed by atoms with Gasteiger partial charge in [-0.25, -0.2) is 0 Å². The molecule has 1 amide bonds. The largest absolute Gasteiger partial charge is 0.352 e. The normalized spacial score (nSPS) is 16.4. The molecule has 0 heterocycles. The molecule has 0 saturated heterocycles. The number of amides is 1. The molecule has 144 valence electrons. The summed E-state index contributed by atoms with van der Waals surface area (Å²) in [5, 5.41) is 6.83. The van der Waals surface area contributed by atoms with E-state index in [1.807, 2.05) is 30.3 Å². The maximum absolute atomic E-state index is 13.0. The fourth-order valence-corrected chi connectivity index (χ4v) is 3.42. The summed E-state index contributed by atoms with van der Waals surface area (Å²) in [4.78, 5) is 13.0. The summed E-state index contributed by atoms with van der Waals surface area (Å²) in [5.41, 5.74) is 3.59. The molecular weight excluding hydrogens is 332 g/mol. The van der Waals surface area contributed by atoms with Crippen molar-refractivity contribution in [3.8, 4) is 0 Å². The van der Waals surface area contributed by atoms with E-state index in [2.05, 4.69) is 62.6 Å². The SMILES string of the molecule is CC(C)c1ccc([C@@H](N[C@@H](C(=O)NC2CC2)c2ccccc2)C(C)C)cc1. The van der Waals surface area contributed by atoms with Crippen molar-refractivity contribution in [2.24, 2.45) is 5.92 Å². The topological polar surface area (TPSA) is 41.1 Å². The van der Waals surface area contributed by atoms with Crippen LogP contribution in [0.25, 0.3) is 0 Å². The van der Waals surface area contributed by atoms with Crippen LogP contribution in [0.3, 0.4) is 0 Å². The van der Waals surface area contributed by atoms with Crippen LogP contribution in [0.4, 0.5) is 0 Å². The second kappa shape index (κ2) is 8.71. The molecule has 3 rings (SSSR count). The van der Waals surface area contributed by atoms with Gasteiger partial charge in [-0.2, -0.15) is 0 Å². The molecule has 1 fully saturated rings. The third kappa shape index (κ3) is 5.20. The van der Waals surface area contributed by atoms with Gasteiger partial charge >= 0.3 is 0 Å². The minimum Gasteiger partial charge on any atom is -0.352 e. The van der Waals surface area contributed by atoms with Crippen LogP contribution in [0.1, 0.15) is 75.2 Å². The maximum atomic E-state index is 13.0. The van der Waals surface area contributed by atoms with Crippen molar-refractivity contribution in [3.63, 3.8) is 0 Å². The van der Waals surface area contributed by atoms with Crippen LogP contribution < -0.4 is 10.6 Å². The van der Waals surface area contributed by atoms with Crippen molar-refractivity contribution < 1.29 is 4.79 Å². The predicted octanol–water partition coefficient (Wildman–Crippen LogP) is 5.12. The molecule has 0 aliphatic heterocycles. The molecule has 0 aromatic heterocycles. The van der Waals surface area contributed by atoms with Crippen LogP contribution in [0.2, 0.25) is 0 Å². The molecule has 3 heteroatoms. The van der Waals surface area contributed by atoms with E-state index in [0.29, 0.717) is 17.9 Å². The average Bonchev–Trinajstić information content (AvgIpc) is 3.47. The van der Waals surface area contributed by atoms with Gasteiger partial charge in [-0.3, -0.25) is 10.1 Å². The van der Waals surface area contributed by atoms with Gasteiger partial charge < -0.3 is 5.32 Å². The van der Waals surface area contributed by atoms with Crippen LogP contribution >= 0.6 is 0 Å². The summed E-state index contributed by atoms with van der Waals surface area (Å²) in [6.45, 7) is 8.82. The van der Waals surface area contributed by atoms with Gasteiger partial charge in [0.05, 0.1) is 0 Å². The number of hydrogen-bond acceptors (Lipinski definition) is 2. The monoisotopic (exact) mass is 364 g/mol. The lowest BCUT2D eigenvalue weighted by Gasteiger charge is -2.29. The first-order chi connectivity index (χ1) is 13.0. The quantitative estimate of drug-likeness (QED) is 0.683. The first kappa shape index (κ1) is 19.6. The predicted molar refractivity (Wildman–Crippen MR) is 112 cm³/mol. The molecule has 2 atom stereocenters. The van der Waals surface area contributed by atoms with Gasteiger partial charge in [0.2, 0.25) is 5.91 Å². The van der Waals surface area contributed by atoms with Gasteiger partial charge in [-0.05, 0) is 41.4 Å². The third-order valence-electron chi connectivity index (χ3n) is 5.29. The highest BCUT2D eigenvalue weighted by molar-refractivity contribution is 5.83. The lowest BCUT2D eigenvalue weighted by atomic mass is 9.92. The Bertz CT molecular complexity index is 733. The van der Waals surface area contributed by atoms with Crippen LogP contribution in [0.5, 0.6) is 0 Å². The van der Waals surface area contributed by atoms with Crippen LogP contribution in [-0.2, 0) is 4.79 Å². The number of carbonyl (C=O) groups excluding carboxylic acids is 1. The first-order valence-corrected chi connectivity index (χ1v) is 10.2. The smallest absolute Gasteiger partial charge is 0.241 e.